The maximum Gasteiger partial charge on any atom is 0.419 e. The Balaban J connectivity index is 2.40. The van der Waals surface area contributed by atoms with Gasteiger partial charge >= 0.3 is 6.18 Å². The Bertz CT molecular complexity index is 562. The fraction of sp³-hybridized carbons (Fsp3) is 0.273. The molecule has 0 atom stereocenters. The number of benzene rings is 1. The number of hydrogen-bond donors (Lipinski definition) is 0. The van der Waals surface area contributed by atoms with Crippen molar-refractivity contribution in [2.45, 2.75) is 19.5 Å². The van der Waals surface area contributed by atoms with Crippen LogP contribution in [0.15, 0.2) is 22.6 Å². The molecule has 0 N–H and O–H groups in total. The molecule has 0 unspecified atom stereocenters. The van der Waals surface area contributed by atoms with Crippen molar-refractivity contribution in [3.05, 3.63) is 35.5 Å². The van der Waals surface area contributed by atoms with E-state index in [-0.39, 0.29) is 11.5 Å². The van der Waals surface area contributed by atoms with Crippen LogP contribution in [0.3, 0.4) is 0 Å². The Morgan fingerprint density at radius 3 is 2.44 bits per heavy atom. The van der Waals surface area contributed by atoms with Gasteiger partial charge in [0.1, 0.15) is 5.82 Å². The molecule has 0 saturated carbocycles. The largest absolute Gasteiger partial charge is 0.421 e. The van der Waals surface area contributed by atoms with E-state index >= 15 is 0 Å². The molecule has 1 heterocycles. The van der Waals surface area contributed by atoms with Crippen LogP contribution in [0.1, 0.15) is 18.4 Å². The van der Waals surface area contributed by atoms with Crippen molar-refractivity contribution in [3.8, 4) is 11.5 Å². The van der Waals surface area contributed by atoms with E-state index in [1.807, 2.05) is 0 Å². The molecule has 0 aliphatic rings. The Labute approximate surface area is 99.4 Å². The summed E-state index contributed by atoms with van der Waals surface area (Å²) in [5.41, 5.74) is -1.20. The molecule has 0 radical (unpaired) electrons. The van der Waals surface area contributed by atoms with Gasteiger partial charge in [0.15, 0.2) is 0 Å². The van der Waals surface area contributed by atoms with Crippen LogP contribution in [0.2, 0.25) is 0 Å². The summed E-state index contributed by atoms with van der Waals surface area (Å²) in [6, 6.07) is 2.48. The highest BCUT2D eigenvalue weighted by molar-refractivity contribution is 5.53. The quantitative estimate of drug-likeness (QED) is 0.776. The molecular formula is C11H8F4N2O. The molecule has 2 aromatic rings. The third-order valence-corrected chi connectivity index (χ3v) is 2.29. The monoisotopic (exact) mass is 260 g/mol. The minimum Gasteiger partial charge on any atom is -0.421 e. The predicted octanol–water partition coefficient (Wildman–Crippen LogP) is 3.46. The second-order valence-corrected chi connectivity index (χ2v) is 3.55. The van der Waals surface area contributed by atoms with Gasteiger partial charge in [-0.15, -0.1) is 10.2 Å². The van der Waals surface area contributed by atoms with E-state index in [2.05, 4.69) is 10.2 Å². The van der Waals surface area contributed by atoms with Gasteiger partial charge in [0.25, 0.3) is 0 Å². The topological polar surface area (TPSA) is 38.9 Å². The minimum absolute atomic E-state index is 0.000487. The number of aromatic nitrogens is 2. The second kappa shape index (κ2) is 4.40. The van der Waals surface area contributed by atoms with Crippen molar-refractivity contribution in [1.82, 2.24) is 10.2 Å². The van der Waals surface area contributed by atoms with E-state index in [1.165, 1.54) is 0 Å². The second-order valence-electron chi connectivity index (χ2n) is 3.55. The molecule has 3 nitrogen and oxygen atoms in total. The Morgan fingerprint density at radius 1 is 1.22 bits per heavy atom. The minimum atomic E-state index is -4.72. The number of nitrogens with zero attached hydrogens (tertiary/aromatic N) is 2. The third-order valence-electron chi connectivity index (χ3n) is 2.29. The lowest BCUT2D eigenvalue weighted by Gasteiger charge is -2.07. The molecule has 1 aromatic heterocycles. The van der Waals surface area contributed by atoms with Gasteiger partial charge in [0.2, 0.25) is 11.8 Å². The summed E-state index contributed by atoms with van der Waals surface area (Å²) >= 11 is 0. The normalized spacial score (nSPS) is 11.8. The molecule has 0 aliphatic heterocycles. The summed E-state index contributed by atoms with van der Waals surface area (Å²) in [6.45, 7) is 1.78. The third kappa shape index (κ3) is 2.34. The molecule has 0 bridgehead atoms. The Hall–Kier alpha value is -1.92. The maximum absolute atomic E-state index is 13.3. The van der Waals surface area contributed by atoms with E-state index in [0.29, 0.717) is 18.4 Å². The number of aryl methyl sites for hydroxylation is 1. The molecule has 0 fully saturated rings. The van der Waals surface area contributed by atoms with E-state index in [9.17, 15) is 17.6 Å². The number of halogens is 4. The standard InChI is InChI=1S/C11H8F4N2O/c1-2-9-16-17-10(18-9)6-3-4-7(8(12)5-6)11(13,14)15/h3-5H,2H2,1H3. The smallest absolute Gasteiger partial charge is 0.419 e. The van der Waals surface area contributed by atoms with Gasteiger partial charge in [-0.05, 0) is 18.2 Å². The van der Waals surface area contributed by atoms with Gasteiger partial charge in [-0.3, -0.25) is 0 Å². The molecule has 0 amide bonds. The van der Waals surface area contributed by atoms with Crippen LogP contribution in [0.4, 0.5) is 17.6 Å². The van der Waals surface area contributed by atoms with Crippen LogP contribution in [-0.4, -0.2) is 10.2 Å². The zero-order valence-electron chi connectivity index (χ0n) is 9.25. The molecule has 7 heteroatoms. The lowest BCUT2D eigenvalue weighted by Crippen LogP contribution is -2.07. The summed E-state index contributed by atoms with van der Waals surface area (Å²) in [5.74, 6) is -1.03. The zero-order valence-corrected chi connectivity index (χ0v) is 9.25. The van der Waals surface area contributed by atoms with E-state index in [0.717, 1.165) is 12.1 Å². The van der Waals surface area contributed by atoms with Crippen LogP contribution in [-0.2, 0) is 12.6 Å². The van der Waals surface area contributed by atoms with Crippen molar-refractivity contribution in [2.75, 3.05) is 0 Å². The van der Waals surface area contributed by atoms with E-state index < -0.39 is 17.6 Å². The Kier molecular flexibility index (Phi) is 3.06. The number of rotatable bonds is 2. The summed E-state index contributed by atoms with van der Waals surface area (Å²) in [7, 11) is 0. The molecule has 0 spiro atoms. The molecular weight excluding hydrogens is 252 g/mol. The van der Waals surface area contributed by atoms with Crippen LogP contribution in [0.25, 0.3) is 11.5 Å². The fourth-order valence-electron chi connectivity index (χ4n) is 1.39. The first kappa shape index (κ1) is 12.5. The first-order valence-corrected chi connectivity index (χ1v) is 5.11. The molecule has 96 valence electrons. The maximum atomic E-state index is 13.3. The van der Waals surface area contributed by atoms with Crippen LogP contribution < -0.4 is 0 Å². The summed E-state index contributed by atoms with van der Waals surface area (Å²) < 4.78 is 55.5. The van der Waals surface area contributed by atoms with Gasteiger partial charge in [-0.1, -0.05) is 6.92 Å². The lowest BCUT2D eigenvalue weighted by molar-refractivity contribution is -0.139. The molecule has 1 aromatic carbocycles. The highest BCUT2D eigenvalue weighted by atomic mass is 19.4. The molecule has 0 saturated heterocycles. The zero-order chi connectivity index (χ0) is 13.3. The van der Waals surface area contributed by atoms with E-state index in [4.69, 9.17) is 4.42 Å². The van der Waals surface area contributed by atoms with Crippen LogP contribution in [0, 0.1) is 5.82 Å². The molecule has 0 aliphatic carbocycles. The van der Waals surface area contributed by atoms with Crippen molar-refractivity contribution in [1.29, 1.82) is 0 Å². The van der Waals surface area contributed by atoms with Crippen molar-refractivity contribution in [3.63, 3.8) is 0 Å². The summed E-state index contributed by atoms with van der Waals surface area (Å²) in [6.07, 6.45) is -4.22. The highest BCUT2D eigenvalue weighted by Gasteiger charge is 2.34. The van der Waals surface area contributed by atoms with Gasteiger partial charge < -0.3 is 4.42 Å². The van der Waals surface area contributed by atoms with Crippen LogP contribution >= 0.6 is 0 Å². The van der Waals surface area contributed by atoms with Gasteiger partial charge in [-0.2, -0.15) is 13.2 Å². The lowest BCUT2D eigenvalue weighted by atomic mass is 10.1. The average molecular weight is 260 g/mol. The first-order valence-electron chi connectivity index (χ1n) is 5.11. The fourth-order valence-corrected chi connectivity index (χ4v) is 1.39. The highest BCUT2D eigenvalue weighted by Crippen LogP contribution is 2.33. The van der Waals surface area contributed by atoms with Crippen molar-refractivity contribution < 1.29 is 22.0 Å². The van der Waals surface area contributed by atoms with Gasteiger partial charge in [0.05, 0.1) is 5.56 Å². The van der Waals surface area contributed by atoms with Gasteiger partial charge in [-0.25, -0.2) is 4.39 Å². The van der Waals surface area contributed by atoms with Crippen molar-refractivity contribution in [2.24, 2.45) is 0 Å². The predicted molar refractivity (Wildman–Crippen MR) is 54.1 cm³/mol. The van der Waals surface area contributed by atoms with Crippen LogP contribution in [0.5, 0.6) is 0 Å². The van der Waals surface area contributed by atoms with Crippen molar-refractivity contribution >= 4 is 0 Å². The summed E-state index contributed by atoms with van der Waals surface area (Å²) in [4.78, 5) is 0. The summed E-state index contributed by atoms with van der Waals surface area (Å²) in [5, 5.41) is 7.28. The SMILES string of the molecule is CCc1nnc(-c2ccc(C(F)(F)F)c(F)c2)o1. The van der Waals surface area contributed by atoms with E-state index in [1.54, 1.807) is 6.92 Å². The van der Waals surface area contributed by atoms with Gasteiger partial charge in [0, 0.05) is 12.0 Å². The Morgan fingerprint density at radius 2 is 1.94 bits per heavy atom. The molecule has 2 rings (SSSR count). The number of alkyl halides is 3. The first-order chi connectivity index (χ1) is 8.41. The number of hydrogen-bond acceptors (Lipinski definition) is 3. The average Bonchev–Trinajstić information content (AvgIpc) is 2.75. The molecule has 18 heavy (non-hydrogen) atoms.